The number of hydrogen-bond donors (Lipinski definition) is 2. The van der Waals surface area contributed by atoms with E-state index in [0.29, 0.717) is 11.4 Å². The van der Waals surface area contributed by atoms with Crippen molar-refractivity contribution in [2.24, 2.45) is 0 Å². The number of anilines is 1. The Morgan fingerprint density at radius 1 is 1.23 bits per heavy atom. The molecule has 30 heavy (non-hydrogen) atoms. The second kappa shape index (κ2) is 7.76. The number of nitrogens with zero attached hydrogens (tertiary/aromatic N) is 3. The van der Waals surface area contributed by atoms with Gasteiger partial charge in [0.25, 0.3) is 11.8 Å². The van der Waals surface area contributed by atoms with E-state index in [0.717, 1.165) is 71.7 Å². The smallest absolute Gasteiger partial charge is 0.260 e. The molecule has 3 N–H and O–H groups in total. The van der Waals surface area contributed by atoms with Gasteiger partial charge >= 0.3 is 0 Å². The number of nitrogens with two attached hydrogens (primary N) is 1. The summed E-state index contributed by atoms with van der Waals surface area (Å²) >= 11 is 3.43. The summed E-state index contributed by atoms with van der Waals surface area (Å²) in [4.78, 5) is 34.4. The monoisotopic (exact) mass is 470 g/mol. The number of fused-ring (bicyclic) bond motifs is 1. The van der Waals surface area contributed by atoms with Crippen LogP contribution in [0.5, 0.6) is 0 Å². The van der Waals surface area contributed by atoms with Crippen molar-refractivity contribution in [1.82, 2.24) is 14.8 Å². The fourth-order valence-corrected chi connectivity index (χ4v) is 5.07. The van der Waals surface area contributed by atoms with Crippen molar-refractivity contribution < 1.29 is 14.9 Å². The van der Waals surface area contributed by atoms with Gasteiger partial charge in [-0.15, -0.1) is 0 Å². The highest BCUT2D eigenvalue weighted by atomic mass is 79.9. The van der Waals surface area contributed by atoms with Crippen LogP contribution in [0.4, 0.5) is 5.82 Å². The summed E-state index contributed by atoms with van der Waals surface area (Å²) in [5, 5.41) is 4.89. The minimum absolute atomic E-state index is 0.123. The minimum Gasteiger partial charge on any atom is -0.337 e. The second-order valence-electron chi connectivity index (χ2n) is 8.28. The van der Waals surface area contributed by atoms with Gasteiger partial charge in [0, 0.05) is 53.9 Å². The number of hydrogen-bond acceptors (Lipinski definition) is 4. The Morgan fingerprint density at radius 3 is 2.83 bits per heavy atom. The average Bonchev–Trinajstić information content (AvgIpc) is 3.42. The maximum atomic E-state index is 13.2. The highest BCUT2D eigenvalue weighted by molar-refractivity contribution is 9.10. The summed E-state index contributed by atoms with van der Waals surface area (Å²) in [7, 11) is 0. The number of rotatable bonds is 4. The van der Waals surface area contributed by atoms with Gasteiger partial charge in [0.2, 0.25) is 0 Å². The molecule has 7 nitrogen and oxygen atoms in total. The summed E-state index contributed by atoms with van der Waals surface area (Å²) in [5.74, 6) is 0.540. The molecule has 0 bridgehead atoms. The van der Waals surface area contributed by atoms with Crippen LogP contribution in [0.1, 0.15) is 31.7 Å². The highest BCUT2D eigenvalue weighted by Crippen LogP contribution is 2.34. The molecule has 1 aromatic rings. The van der Waals surface area contributed by atoms with E-state index in [1.807, 2.05) is 24.0 Å². The fourth-order valence-electron chi connectivity index (χ4n) is 4.74. The van der Waals surface area contributed by atoms with Crippen LogP contribution in [0.3, 0.4) is 0 Å². The Hall–Kier alpha value is -2.29. The van der Waals surface area contributed by atoms with Crippen LogP contribution < -0.4 is 10.6 Å². The Labute approximate surface area is 184 Å². The van der Waals surface area contributed by atoms with Crippen LogP contribution in [0.25, 0.3) is 5.57 Å². The van der Waals surface area contributed by atoms with E-state index in [1.54, 1.807) is 6.20 Å². The van der Waals surface area contributed by atoms with E-state index in [1.165, 1.54) is 12.8 Å². The molecule has 0 aliphatic carbocycles. The number of allylic oxidation sites excluding steroid dienone is 1. The zero-order valence-corrected chi connectivity index (χ0v) is 18.6. The highest BCUT2D eigenvalue weighted by Gasteiger charge is 2.38. The normalized spacial score (nSPS) is 23.0. The summed E-state index contributed by atoms with van der Waals surface area (Å²) in [5.41, 5.74) is 5.17. The molecule has 5 rings (SSSR count). The third-order valence-electron chi connectivity index (χ3n) is 6.42. The quantitative estimate of drug-likeness (QED) is 0.654. The number of carbonyl (C=O) groups excluding carboxylic acids is 2. The molecule has 4 aliphatic rings. The Balaban J connectivity index is 1.37. The average molecular weight is 471 g/mol. The van der Waals surface area contributed by atoms with Crippen LogP contribution in [0.2, 0.25) is 0 Å². The number of aromatic nitrogens is 1. The molecule has 1 saturated heterocycles. The Kier molecular flexibility index (Phi) is 5.08. The van der Waals surface area contributed by atoms with E-state index < -0.39 is 0 Å². The molecule has 0 aromatic carbocycles. The van der Waals surface area contributed by atoms with E-state index >= 15 is 0 Å². The molecular weight excluding hydrogens is 446 g/mol. The summed E-state index contributed by atoms with van der Waals surface area (Å²) in [6.07, 6.45) is 6.96. The summed E-state index contributed by atoms with van der Waals surface area (Å²) in [6, 6.07) is 1.90. The van der Waals surface area contributed by atoms with Crippen LogP contribution >= 0.6 is 15.9 Å². The third-order valence-corrected chi connectivity index (χ3v) is 6.85. The maximum absolute atomic E-state index is 13.2. The maximum Gasteiger partial charge on any atom is 0.260 e. The third kappa shape index (κ3) is 3.42. The number of quaternary nitrogens is 1. The molecule has 0 atom stereocenters. The number of pyridine rings is 1. The van der Waals surface area contributed by atoms with Crippen LogP contribution in [0, 0.1) is 0 Å². The lowest BCUT2D eigenvalue weighted by atomic mass is 10.00. The first-order chi connectivity index (χ1) is 14.5. The van der Waals surface area contributed by atoms with Gasteiger partial charge in [-0.3, -0.25) is 14.9 Å². The minimum atomic E-state index is -0.160. The molecule has 0 unspecified atom stereocenters. The number of nitrogens with one attached hydrogen (secondary N) is 1. The summed E-state index contributed by atoms with van der Waals surface area (Å²) in [6.45, 7) is 6.79. The number of halogens is 1. The van der Waals surface area contributed by atoms with E-state index in [4.69, 9.17) is 0 Å². The number of likely N-dealkylation sites (tertiary alicyclic amines) is 1. The lowest BCUT2D eigenvalue weighted by Gasteiger charge is -2.28. The molecule has 1 aromatic heterocycles. The van der Waals surface area contributed by atoms with Crippen molar-refractivity contribution in [2.45, 2.75) is 26.2 Å². The van der Waals surface area contributed by atoms with Crippen LogP contribution in [-0.2, 0) is 9.59 Å². The molecule has 0 spiro atoms. The predicted molar refractivity (Wildman–Crippen MR) is 117 cm³/mol. The SMILES string of the molecule is CC1=C(/C=C2\C(=O)Nc3ncc(Br)cc32)[NH2+]C2=C1C(=O)N(CCN1CCCC1)CC2. The van der Waals surface area contributed by atoms with Gasteiger partial charge in [-0.25, -0.2) is 4.98 Å². The van der Waals surface area contributed by atoms with Crippen LogP contribution in [-0.4, -0.2) is 59.3 Å². The molecule has 8 heteroatoms. The molecule has 4 aliphatic heterocycles. The molecule has 0 radical (unpaired) electrons. The van der Waals surface area contributed by atoms with Crippen molar-refractivity contribution in [3.8, 4) is 0 Å². The molecule has 5 heterocycles. The first-order valence-corrected chi connectivity index (χ1v) is 11.3. The lowest BCUT2D eigenvalue weighted by Crippen LogP contribution is -2.79. The van der Waals surface area contributed by atoms with E-state index in [-0.39, 0.29) is 11.8 Å². The molecular formula is C22H25BrN5O2+. The lowest BCUT2D eigenvalue weighted by molar-refractivity contribution is -0.549. The van der Waals surface area contributed by atoms with Gasteiger partial charge in [-0.2, -0.15) is 0 Å². The fraction of sp³-hybridized carbons (Fsp3) is 0.409. The first-order valence-electron chi connectivity index (χ1n) is 10.5. The van der Waals surface area contributed by atoms with Gasteiger partial charge in [-0.05, 0) is 54.9 Å². The van der Waals surface area contributed by atoms with Gasteiger partial charge in [0.1, 0.15) is 22.8 Å². The van der Waals surface area contributed by atoms with E-state index in [9.17, 15) is 9.59 Å². The zero-order valence-electron chi connectivity index (χ0n) is 17.0. The number of amides is 2. The van der Waals surface area contributed by atoms with Crippen molar-refractivity contribution in [3.05, 3.63) is 50.9 Å². The predicted octanol–water partition coefficient (Wildman–Crippen LogP) is 1.61. The van der Waals surface area contributed by atoms with Crippen molar-refractivity contribution in [1.29, 1.82) is 0 Å². The summed E-state index contributed by atoms with van der Waals surface area (Å²) < 4.78 is 0.825. The van der Waals surface area contributed by atoms with Gasteiger partial charge < -0.3 is 15.1 Å². The Bertz CT molecular complexity index is 1040. The number of carbonyl (C=O) groups is 2. The largest absolute Gasteiger partial charge is 0.337 e. The first kappa shape index (κ1) is 19.7. The van der Waals surface area contributed by atoms with Gasteiger partial charge in [-0.1, -0.05) is 0 Å². The van der Waals surface area contributed by atoms with Crippen molar-refractivity contribution in [3.63, 3.8) is 0 Å². The van der Waals surface area contributed by atoms with Crippen molar-refractivity contribution >= 4 is 39.1 Å². The Morgan fingerprint density at radius 2 is 2.03 bits per heavy atom. The molecule has 1 fully saturated rings. The topological polar surface area (TPSA) is 82.1 Å². The van der Waals surface area contributed by atoms with E-state index in [2.05, 4.69) is 36.4 Å². The molecule has 156 valence electrons. The molecule has 2 amide bonds. The van der Waals surface area contributed by atoms with Crippen LogP contribution in [0.15, 0.2) is 45.4 Å². The van der Waals surface area contributed by atoms with Crippen molar-refractivity contribution in [2.75, 3.05) is 38.0 Å². The molecule has 0 saturated carbocycles. The zero-order chi connectivity index (χ0) is 20.8. The standard InChI is InChI=1S/C22H24BrN5O2/c1-13-18(11-16-15-10-14(23)12-24-20(15)26-21(16)29)25-17-4-7-28(22(30)19(13)17)9-8-27-5-2-3-6-27/h10-12,25H,2-9H2,1H3,(H,24,26,29)/p+1/b16-11-. The van der Waals surface area contributed by atoms with Gasteiger partial charge in [0.15, 0.2) is 0 Å². The second-order valence-corrected chi connectivity index (χ2v) is 9.19. The van der Waals surface area contributed by atoms with Gasteiger partial charge in [0.05, 0.1) is 5.57 Å².